The minimum absolute atomic E-state index is 2.40. The van der Waals surface area contributed by atoms with Crippen LogP contribution < -0.4 is 0 Å². The number of halogens is 8. The van der Waals surface area contributed by atoms with E-state index in [2.05, 4.69) is 4.74 Å². The van der Waals surface area contributed by atoms with Crippen molar-refractivity contribution in [3.8, 4) is 0 Å². The molecule has 0 aliphatic carbocycles. The van der Waals surface area contributed by atoms with Crippen LogP contribution in [0, 0.1) is 0 Å². The molecular weight excluding hydrogens is 215 g/mol. The van der Waals surface area contributed by atoms with Gasteiger partial charge in [-0.2, -0.15) is 35.1 Å². The van der Waals surface area contributed by atoms with Crippen molar-refractivity contribution in [3.05, 3.63) is 0 Å². The SMILES string of the molecule is FC(F)OC(C(F)(F)F)C(F)(F)[18F]. The van der Waals surface area contributed by atoms with Crippen LogP contribution in [0.15, 0.2) is 0 Å². The standard InChI is InChI=1S/C4H2F8O/c5-2(6)13-1(3(7,8)9)4(10,11)12/h1-2H/i7-1. The Morgan fingerprint density at radius 1 is 0.769 bits per heavy atom. The molecular formula is C4H2F8O. The average molecular weight is 217 g/mol. The summed E-state index contributed by atoms with van der Waals surface area (Å²) in [6.07, 6.45) is -16.2. The molecule has 0 saturated carbocycles. The maximum Gasteiger partial charge on any atom is 0.423 e. The van der Waals surface area contributed by atoms with E-state index in [0.29, 0.717) is 0 Å². The van der Waals surface area contributed by atoms with E-state index in [4.69, 9.17) is 0 Å². The van der Waals surface area contributed by atoms with Gasteiger partial charge >= 0.3 is 19.0 Å². The van der Waals surface area contributed by atoms with Gasteiger partial charge in [-0.1, -0.05) is 0 Å². The summed E-state index contributed by atoms with van der Waals surface area (Å²) in [7, 11) is 0. The van der Waals surface area contributed by atoms with Crippen LogP contribution in [0.25, 0.3) is 0 Å². The Morgan fingerprint density at radius 2 is 1.08 bits per heavy atom. The third kappa shape index (κ3) is 4.25. The van der Waals surface area contributed by atoms with Gasteiger partial charge in [-0.3, -0.25) is 0 Å². The Bertz CT molecular complexity index is 143. The number of hydrogen-bond donors (Lipinski definition) is 0. The molecule has 80 valence electrons. The van der Waals surface area contributed by atoms with Gasteiger partial charge < -0.3 is 4.74 Å². The van der Waals surface area contributed by atoms with Crippen molar-refractivity contribution in [1.29, 1.82) is 0 Å². The molecule has 1 nitrogen and oxygen atoms in total. The lowest BCUT2D eigenvalue weighted by molar-refractivity contribution is -0.355. The first kappa shape index (κ1) is 12.4. The first-order valence-corrected chi connectivity index (χ1v) is 2.62. The molecule has 0 aromatic heterocycles. The fraction of sp³-hybridized carbons (Fsp3) is 1.00. The molecule has 0 amide bonds. The second kappa shape index (κ2) is 3.64. The lowest BCUT2D eigenvalue weighted by atomic mass is 10.3. The molecule has 0 bridgehead atoms. The van der Waals surface area contributed by atoms with Crippen LogP contribution in [-0.2, 0) is 4.74 Å². The monoisotopic (exact) mass is 217 g/mol. The van der Waals surface area contributed by atoms with Gasteiger partial charge in [0.05, 0.1) is 0 Å². The minimum atomic E-state index is -5.89. The second-order valence-corrected chi connectivity index (χ2v) is 1.86. The predicted octanol–water partition coefficient (Wildman–Crippen LogP) is 2.72. The van der Waals surface area contributed by atoms with Gasteiger partial charge in [0.1, 0.15) is 0 Å². The first-order chi connectivity index (χ1) is 5.55. The third-order valence-electron chi connectivity index (χ3n) is 0.834. The van der Waals surface area contributed by atoms with Crippen molar-refractivity contribution in [3.63, 3.8) is 0 Å². The van der Waals surface area contributed by atoms with Gasteiger partial charge in [-0.25, -0.2) is 0 Å². The van der Waals surface area contributed by atoms with Crippen LogP contribution in [0.4, 0.5) is 35.1 Å². The zero-order valence-electron chi connectivity index (χ0n) is 5.59. The van der Waals surface area contributed by atoms with Gasteiger partial charge in [0.15, 0.2) is 0 Å². The van der Waals surface area contributed by atoms with Crippen LogP contribution in [0.5, 0.6) is 0 Å². The van der Waals surface area contributed by atoms with E-state index in [-0.39, 0.29) is 0 Å². The highest BCUT2D eigenvalue weighted by atomic mass is 19.4. The molecule has 1 unspecified atom stereocenters. The molecule has 0 fully saturated rings. The van der Waals surface area contributed by atoms with Crippen LogP contribution in [0.3, 0.4) is 0 Å². The van der Waals surface area contributed by atoms with E-state index in [0.717, 1.165) is 0 Å². The number of hydrogen-bond acceptors (Lipinski definition) is 1. The van der Waals surface area contributed by atoms with Crippen molar-refractivity contribution >= 4 is 0 Å². The van der Waals surface area contributed by atoms with E-state index >= 15 is 0 Å². The normalized spacial score (nSPS) is 16.4. The van der Waals surface area contributed by atoms with E-state index in [1.54, 1.807) is 0 Å². The zero-order chi connectivity index (χ0) is 10.9. The molecule has 0 saturated heterocycles. The van der Waals surface area contributed by atoms with E-state index in [1.807, 2.05) is 0 Å². The maximum atomic E-state index is 11.4. The Kier molecular flexibility index (Phi) is 3.47. The van der Waals surface area contributed by atoms with Crippen LogP contribution in [0.1, 0.15) is 0 Å². The molecule has 0 radical (unpaired) electrons. The largest absolute Gasteiger partial charge is 0.423 e. The van der Waals surface area contributed by atoms with Gasteiger partial charge in [-0.15, -0.1) is 0 Å². The molecule has 0 rings (SSSR count). The molecule has 0 N–H and O–H groups in total. The molecule has 0 aliphatic rings. The molecule has 9 heteroatoms. The Morgan fingerprint density at radius 3 is 1.15 bits per heavy atom. The van der Waals surface area contributed by atoms with E-state index in [1.165, 1.54) is 0 Å². The van der Waals surface area contributed by atoms with Crippen LogP contribution >= 0.6 is 0 Å². The Hall–Kier alpha value is -0.600. The highest BCUT2D eigenvalue weighted by molar-refractivity contribution is 4.75. The molecule has 0 spiro atoms. The number of ether oxygens (including phenoxy) is 1. The van der Waals surface area contributed by atoms with Crippen molar-refractivity contribution in [1.82, 2.24) is 0 Å². The quantitative estimate of drug-likeness (QED) is 0.646. The summed E-state index contributed by atoms with van der Waals surface area (Å²) in [5, 5.41) is 0. The summed E-state index contributed by atoms with van der Waals surface area (Å²) in [5.74, 6) is 0. The lowest BCUT2D eigenvalue weighted by Gasteiger charge is -2.22. The molecule has 13 heavy (non-hydrogen) atoms. The summed E-state index contributed by atoms with van der Waals surface area (Å²) in [4.78, 5) is 0. The summed E-state index contributed by atoms with van der Waals surface area (Å²) in [6.45, 7) is -4.13. The number of rotatable bonds is 2. The first-order valence-electron chi connectivity index (χ1n) is 2.62. The van der Waals surface area contributed by atoms with Crippen LogP contribution in [0.2, 0.25) is 0 Å². The summed E-state index contributed by atoms with van der Waals surface area (Å²) < 4.78 is 93.0. The van der Waals surface area contributed by atoms with Gasteiger partial charge in [0.25, 0.3) is 6.10 Å². The molecule has 0 aliphatic heterocycles. The second-order valence-electron chi connectivity index (χ2n) is 1.86. The highest BCUT2D eigenvalue weighted by Gasteiger charge is 2.59. The zero-order valence-corrected chi connectivity index (χ0v) is 5.59. The summed E-state index contributed by atoms with van der Waals surface area (Å²) in [5.41, 5.74) is 0. The van der Waals surface area contributed by atoms with E-state index < -0.39 is 25.1 Å². The van der Waals surface area contributed by atoms with Crippen LogP contribution in [-0.4, -0.2) is 25.1 Å². The minimum Gasteiger partial charge on any atom is -0.300 e. The molecule has 0 aromatic carbocycles. The van der Waals surface area contributed by atoms with Crippen molar-refractivity contribution in [2.45, 2.75) is 25.1 Å². The lowest BCUT2D eigenvalue weighted by Crippen LogP contribution is -2.45. The highest BCUT2D eigenvalue weighted by Crippen LogP contribution is 2.36. The smallest absolute Gasteiger partial charge is 0.300 e. The topological polar surface area (TPSA) is 9.23 Å². The average Bonchev–Trinajstić information content (AvgIpc) is 1.77. The summed E-state index contributed by atoms with van der Waals surface area (Å²) in [6, 6.07) is 0. The van der Waals surface area contributed by atoms with Crippen molar-refractivity contribution in [2.24, 2.45) is 0 Å². The fourth-order valence-corrected chi connectivity index (χ4v) is 0.443. The van der Waals surface area contributed by atoms with Crippen molar-refractivity contribution in [2.75, 3.05) is 0 Å². The van der Waals surface area contributed by atoms with Gasteiger partial charge in [0, 0.05) is 0 Å². The Labute approximate surface area is 66.3 Å². The van der Waals surface area contributed by atoms with Crippen molar-refractivity contribution < 1.29 is 39.9 Å². The molecule has 1 atom stereocenters. The Balaban J connectivity index is 4.58. The fourth-order valence-electron chi connectivity index (χ4n) is 0.443. The maximum absolute atomic E-state index is 11.4. The van der Waals surface area contributed by atoms with Gasteiger partial charge in [-0.05, 0) is 0 Å². The van der Waals surface area contributed by atoms with Gasteiger partial charge in [0.2, 0.25) is 0 Å². The number of alkyl halides is 8. The molecule has 0 aromatic rings. The summed E-state index contributed by atoms with van der Waals surface area (Å²) >= 11 is 0. The van der Waals surface area contributed by atoms with E-state index in [9.17, 15) is 35.1 Å². The third-order valence-corrected chi connectivity index (χ3v) is 0.834. The molecule has 0 heterocycles. The predicted molar refractivity (Wildman–Crippen MR) is 23.0 cm³/mol.